The summed E-state index contributed by atoms with van der Waals surface area (Å²) in [5.41, 5.74) is 12.6. The molecule has 5 N–H and O–H groups in total. The van der Waals surface area contributed by atoms with E-state index in [1.165, 1.54) is 11.6 Å². The number of hydrazine groups is 1. The molecule has 0 spiro atoms. The number of anilines is 1. The van der Waals surface area contributed by atoms with E-state index in [9.17, 15) is 14.0 Å². The Balaban J connectivity index is 1.71. The van der Waals surface area contributed by atoms with Crippen LogP contribution in [0.4, 0.5) is 10.1 Å². The molecule has 3 aromatic rings. The van der Waals surface area contributed by atoms with Gasteiger partial charge in [-0.25, -0.2) is 4.39 Å². The molecule has 0 aliphatic rings. The summed E-state index contributed by atoms with van der Waals surface area (Å²) in [5, 5.41) is 0.912. The van der Waals surface area contributed by atoms with Crippen LogP contribution in [0.1, 0.15) is 46.2 Å². The number of H-pyrrole nitrogens is 1. The Morgan fingerprint density at radius 1 is 1.04 bits per heavy atom. The van der Waals surface area contributed by atoms with E-state index in [0.29, 0.717) is 11.6 Å². The highest BCUT2D eigenvalue weighted by Crippen LogP contribution is 2.22. The van der Waals surface area contributed by atoms with Crippen molar-refractivity contribution in [3.63, 3.8) is 0 Å². The fourth-order valence-electron chi connectivity index (χ4n) is 2.62. The number of nitrogens with two attached hydrogens (primary N) is 1. The number of rotatable bonds is 3. The summed E-state index contributed by atoms with van der Waals surface area (Å²) in [5.74, 6) is -1.29. The molecule has 0 aliphatic heterocycles. The van der Waals surface area contributed by atoms with Crippen LogP contribution in [0.25, 0.3) is 10.9 Å². The maximum atomic E-state index is 13.0. The Morgan fingerprint density at radius 2 is 1.77 bits per heavy atom. The van der Waals surface area contributed by atoms with Gasteiger partial charge >= 0.3 is 0 Å². The highest BCUT2D eigenvalue weighted by atomic mass is 19.1. The zero-order chi connectivity index (χ0) is 18.8. The molecule has 0 saturated heterocycles. The fourth-order valence-corrected chi connectivity index (χ4v) is 2.62. The first-order chi connectivity index (χ1) is 12.3. The van der Waals surface area contributed by atoms with Crippen molar-refractivity contribution in [3.8, 4) is 0 Å². The monoisotopic (exact) mass is 354 g/mol. The number of hydrogen-bond donors (Lipinski definition) is 4. The number of benzene rings is 2. The lowest BCUT2D eigenvalue weighted by molar-refractivity contribution is 0.0845. The Bertz CT molecular complexity index is 994. The van der Waals surface area contributed by atoms with E-state index in [1.54, 1.807) is 6.07 Å². The largest absolute Gasteiger partial charge is 0.398 e. The van der Waals surface area contributed by atoms with E-state index in [4.69, 9.17) is 5.73 Å². The molecule has 3 rings (SSSR count). The minimum absolute atomic E-state index is 0.0106. The number of aromatic amines is 1. The van der Waals surface area contributed by atoms with Gasteiger partial charge in [-0.15, -0.1) is 0 Å². The molecule has 1 heterocycles. The van der Waals surface area contributed by atoms with Gasteiger partial charge in [0.2, 0.25) is 0 Å². The molecular formula is C19H19FN4O2. The number of amides is 2. The summed E-state index contributed by atoms with van der Waals surface area (Å²) in [6, 6.07) is 11.1. The molecule has 0 aliphatic carbocycles. The maximum Gasteiger partial charge on any atom is 0.286 e. The molecule has 0 fully saturated rings. The first-order valence-corrected chi connectivity index (χ1v) is 8.13. The van der Waals surface area contributed by atoms with E-state index < -0.39 is 17.6 Å². The minimum Gasteiger partial charge on any atom is -0.398 e. The highest BCUT2D eigenvalue weighted by molar-refractivity contribution is 6.02. The first-order valence-electron chi connectivity index (χ1n) is 8.13. The third kappa shape index (κ3) is 3.51. The zero-order valence-electron chi connectivity index (χ0n) is 14.4. The van der Waals surface area contributed by atoms with E-state index in [-0.39, 0.29) is 11.3 Å². The van der Waals surface area contributed by atoms with E-state index in [2.05, 4.69) is 29.7 Å². The average molecular weight is 354 g/mol. The topological polar surface area (TPSA) is 100 Å². The lowest BCUT2D eigenvalue weighted by Crippen LogP contribution is -2.42. The highest BCUT2D eigenvalue weighted by Gasteiger charge is 2.14. The molecule has 0 bridgehead atoms. The Kier molecular flexibility index (Phi) is 4.62. The summed E-state index contributed by atoms with van der Waals surface area (Å²) in [6.07, 6.45) is 0. The van der Waals surface area contributed by atoms with Crippen LogP contribution in [0, 0.1) is 5.82 Å². The molecule has 6 nitrogen and oxygen atoms in total. The third-order valence-corrected chi connectivity index (χ3v) is 4.10. The van der Waals surface area contributed by atoms with Crippen LogP contribution in [0.15, 0.2) is 42.5 Å². The first kappa shape index (κ1) is 17.5. The van der Waals surface area contributed by atoms with Crippen LogP contribution >= 0.6 is 0 Å². The summed E-state index contributed by atoms with van der Waals surface area (Å²) in [6.45, 7) is 4.19. The normalized spacial score (nSPS) is 10.9. The van der Waals surface area contributed by atoms with Gasteiger partial charge in [0, 0.05) is 16.6 Å². The fraction of sp³-hybridized carbons (Fsp3) is 0.158. The van der Waals surface area contributed by atoms with Gasteiger partial charge in [-0.1, -0.05) is 19.9 Å². The second kappa shape index (κ2) is 6.87. The molecule has 26 heavy (non-hydrogen) atoms. The second-order valence-corrected chi connectivity index (χ2v) is 6.32. The minimum atomic E-state index is -0.631. The smallest absolute Gasteiger partial charge is 0.286 e. The number of fused-ring (bicyclic) bond motifs is 1. The molecule has 0 radical (unpaired) electrons. The molecule has 134 valence electrons. The van der Waals surface area contributed by atoms with Crippen molar-refractivity contribution in [1.82, 2.24) is 15.8 Å². The maximum absolute atomic E-state index is 13.0. The van der Waals surface area contributed by atoms with Gasteiger partial charge in [-0.3, -0.25) is 20.4 Å². The van der Waals surface area contributed by atoms with Gasteiger partial charge in [0.25, 0.3) is 11.8 Å². The number of hydrogen-bond acceptors (Lipinski definition) is 3. The van der Waals surface area contributed by atoms with Crippen molar-refractivity contribution >= 4 is 28.4 Å². The quantitative estimate of drug-likeness (QED) is 0.429. The van der Waals surface area contributed by atoms with E-state index in [0.717, 1.165) is 23.0 Å². The predicted octanol–water partition coefficient (Wildman–Crippen LogP) is 3.09. The van der Waals surface area contributed by atoms with Gasteiger partial charge in [0.05, 0.1) is 5.56 Å². The summed E-state index contributed by atoms with van der Waals surface area (Å²) in [4.78, 5) is 27.3. The predicted molar refractivity (Wildman–Crippen MR) is 98.1 cm³/mol. The van der Waals surface area contributed by atoms with Crippen molar-refractivity contribution in [3.05, 3.63) is 65.1 Å². The van der Waals surface area contributed by atoms with Crippen molar-refractivity contribution in [2.45, 2.75) is 19.8 Å². The van der Waals surface area contributed by atoms with Crippen molar-refractivity contribution < 1.29 is 14.0 Å². The molecule has 2 amide bonds. The van der Waals surface area contributed by atoms with Crippen molar-refractivity contribution in [2.24, 2.45) is 0 Å². The van der Waals surface area contributed by atoms with Crippen LogP contribution in [-0.4, -0.2) is 16.8 Å². The Hall–Kier alpha value is -3.35. The van der Waals surface area contributed by atoms with E-state index in [1.807, 2.05) is 18.2 Å². The summed E-state index contributed by atoms with van der Waals surface area (Å²) in [7, 11) is 0. The molecular weight excluding hydrogens is 335 g/mol. The average Bonchev–Trinajstić information content (AvgIpc) is 3.02. The molecule has 1 aromatic heterocycles. The van der Waals surface area contributed by atoms with Gasteiger partial charge in [0.1, 0.15) is 11.5 Å². The number of carbonyl (C=O) groups excluding carboxylic acids is 2. The van der Waals surface area contributed by atoms with Crippen LogP contribution in [0.5, 0.6) is 0 Å². The van der Waals surface area contributed by atoms with Crippen molar-refractivity contribution in [2.75, 3.05) is 5.73 Å². The summed E-state index contributed by atoms with van der Waals surface area (Å²) >= 11 is 0. The summed E-state index contributed by atoms with van der Waals surface area (Å²) < 4.78 is 13.0. The van der Waals surface area contributed by atoms with E-state index >= 15 is 0 Å². The van der Waals surface area contributed by atoms with Crippen LogP contribution in [0.3, 0.4) is 0 Å². The molecule has 7 heteroatoms. The van der Waals surface area contributed by atoms with Crippen LogP contribution in [0.2, 0.25) is 0 Å². The second-order valence-electron chi connectivity index (χ2n) is 6.32. The number of halogens is 1. The number of nitrogen functional groups attached to an aromatic ring is 1. The SMILES string of the molecule is CC(C)c1ccc2[nH]c(C(=O)NNC(=O)c3ccc(F)cc3N)cc2c1. The number of carbonyl (C=O) groups is 2. The molecule has 0 saturated carbocycles. The molecule has 0 unspecified atom stereocenters. The van der Waals surface area contributed by atoms with Crippen LogP contribution < -0.4 is 16.6 Å². The lowest BCUT2D eigenvalue weighted by Gasteiger charge is -2.08. The van der Waals surface area contributed by atoms with Crippen LogP contribution in [-0.2, 0) is 0 Å². The molecule has 0 atom stereocenters. The standard InChI is InChI=1S/C19H19FN4O2/c1-10(2)11-3-6-16-12(7-11)8-17(22-16)19(26)24-23-18(25)14-5-4-13(20)9-15(14)21/h3-10,22H,21H2,1-2H3,(H,23,25)(H,24,26). The number of nitrogens with one attached hydrogen (secondary N) is 3. The van der Waals surface area contributed by atoms with Gasteiger partial charge in [-0.05, 0) is 47.9 Å². The van der Waals surface area contributed by atoms with Crippen molar-refractivity contribution in [1.29, 1.82) is 0 Å². The molecule has 2 aromatic carbocycles. The number of aromatic nitrogens is 1. The Labute approximate surface area is 149 Å². The lowest BCUT2D eigenvalue weighted by atomic mass is 10.0. The van der Waals surface area contributed by atoms with Gasteiger partial charge in [0.15, 0.2) is 0 Å². The third-order valence-electron chi connectivity index (χ3n) is 4.10. The van der Waals surface area contributed by atoms with Gasteiger partial charge in [-0.2, -0.15) is 0 Å². The van der Waals surface area contributed by atoms with Gasteiger partial charge < -0.3 is 10.7 Å². The Morgan fingerprint density at radius 3 is 2.46 bits per heavy atom. The zero-order valence-corrected chi connectivity index (χ0v) is 14.4.